The number of carbonyl (C=O) groups excluding carboxylic acids is 1. The van der Waals surface area contributed by atoms with E-state index < -0.39 is 23.4 Å². The molecule has 1 aliphatic heterocycles. The predicted molar refractivity (Wildman–Crippen MR) is 116 cm³/mol. The minimum Gasteiger partial charge on any atom is -0.484 e. The van der Waals surface area contributed by atoms with Gasteiger partial charge in [-0.2, -0.15) is 13.2 Å². The number of allylic oxidation sites excluding steroid dienone is 2. The summed E-state index contributed by atoms with van der Waals surface area (Å²) in [7, 11) is 2.64. The molecule has 2 aromatic rings. The third kappa shape index (κ3) is 4.96. The quantitative estimate of drug-likeness (QED) is 0.539. The van der Waals surface area contributed by atoms with Gasteiger partial charge in [0, 0.05) is 42.4 Å². The average Bonchev–Trinajstić information content (AvgIpc) is 3.50. The van der Waals surface area contributed by atoms with Crippen molar-refractivity contribution in [3.05, 3.63) is 50.6 Å². The molecule has 0 radical (unpaired) electrons. The van der Waals surface area contributed by atoms with Gasteiger partial charge in [-0.05, 0) is 23.4 Å². The van der Waals surface area contributed by atoms with E-state index in [0.29, 0.717) is 10.9 Å². The summed E-state index contributed by atoms with van der Waals surface area (Å²) in [5.41, 5.74) is -2.01. The molecule has 3 heterocycles. The average molecular weight is 474 g/mol. The molecular formula is C21H15F3N5O3S+. The maximum absolute atomic E-state index is 13.2. The number of aryl methyl sites for hydroxylation is 1. The molecule has 168 valence electrons. The molecule has 0 spiro atoms. The fourth-order valence-corrected chi connectivity index (χ4v) is 3.42. The zero-order valence-corrected chi connectivity index (χ0v) is 18.1. The van der Waals surface area contributed by atoms with Crippen molar-refractivity contribution in [2.24, 2.45) is 13.0 Å². The number of amides is 1. The van der Waals surface area contributed by atoms with Gasteiger partial charge in [0.25, 0.3) is 17.2 Å². The van der Waals surface area contributed by atoms with Crippen LogP contribution in [0.15, 0.2) is 28.9 Å². The topological polar surface area (TPSA) is 100 Å². The van der Waals surface area contributed by atoms with Crippen LogP contribution in [0.25, 0.3) is 5.57 Å². The molecule has 1 N–H and O–H groups in total. The Labute approximate surface area is 188 Å². The number of hydrogen-bond acceptors (Lipinski definition) is 6. The van der Waals surface area contributed by atoms with Gasteiger partial charge in [-0.1, -0.05) is 17.3 Å². The number of rotatable bonds is 4. The highest BCUT2D eigenvalue weighted by Crippen LogP contribution is 2.30. The van der Waals surface area contributed by atoms with E-state index >= 15 is 0 Å². The van der Waals surface area contributed by atoms with Crippen LogP contribution >= 0.6 is 11.3 Å². The Bertz CT molecular complexity index is 1410. The molecule has 2 aromatic heterocycles. The SMILES string of the molecule is COC1=C=[N+]=C(C(F)(F)F)C=C1c1cn(C)c(=O)cc1C(=O)Nc1nnc(C#CC2CC2)s1. The number of nitrogens with one attached hydrogen (secondary N) is 1. The Morgan fingerprint density at radius 1 is 1.39 bits per heavy atom. The summed E-state index contributed by atoms with van der Waals surface area (Å²) in [4.78, 5) is 25.2. The van der Waals surface area contributed by atoms with E-state index in [1.807, 2.05) is 0 Å². The largest absolute Gasteiger partial charge is 0.496 e. The molecule has 0 atom stereocenters. The van der Waals surface area contributed by atoms with Gasteiger partial charge >= 0.3 is 17.8 Å². The van der Waals surface area contributed by atoms with E-state index in [1.54, 1.807) is 0 Å². The second kappa shape index (κ2) is 8.56. The van der Waals surface area contributed by atoms with E-state index in [-0.39, 0.29) is 27.6 Å². The number of halogens is 3. The van der Waals surface area contributed by atoms with Crippen LogP contribution < -0.4 is 15.5 Å². The van der Waals surface area contributed by atoms with Crippen molar-refractivity contribution in [2.75, 3.05) is 12.4 Å². The Hall–Kier alpha value is -3.90. The Morgan fingerprint density at radius 2 is 2.15 bits per heavy atom. The molecule has 1 amide bonds. The lowest BCUT2D eigenvalue weighted by Crippen LogP contribution is -2.27. The summed E-state index contributed by atoms with van der Waals surface area (Å²) in [5, 5.41) is 10.8. The first-order valence-electron chi connectivity index (χ1n) is 9.57. The molecule has 2 aliphatic rings. The van der Waals surface area contributed by atoms with E-state index in [9.17, 15) is 22.8 Å². The van der Waals surface area contributed by atoms with Crippen LogP contribution in [-0.4, -0.2) is 45.5 Å². The van der Waals surface area contributed by atoms with Crippen LogP contribution in [-0.2, 0) is 11.8 Å². The molecule has 4 rings (SSSR count). The maximum atomic E-state index is 13.2. The van der Waals surface area contributed by atoms with Crippen LogP contribution in [0.3, 0.4) is 0 Å². The second-order valence-electron chi connectivity index (χ2n) is 7.16. The van der Waals surface area contributed by atoms with Gasteiger partial charge in [0.2, 0.25) is 5.13 Å². The van der Waals surface area contributed by atoms with Crippen molar-refractivity contribution in [3.8, 4) is 11.8 Å². The third-order valence-electron chi connectivity index (χ3n) is 4.67. The summed E-state index contributed by atoms with van der Waals surface area (Å²) in [5.74, 6) is 7.60. The number of nitrogens with zero attached hydrogens (tertiary/aromatic N) is 4. The first-order chi connectivity index (χ1) is 15.7. The highest BCUT2D eigenvalue weighted by atomic mass is 32.1. The summed E-state index contributed by atoms with van der Waals surface area (Å²) < 4.78 is 49.2. The first-order valence-corrected chi connectivity index (χ1v) is 10.4. The number of ether oxygens (including phenoxy) is 1. The number of alkyl halides is 3. The third-order valence-corrected chi connectivity index (χ3v) is 5.42. The van der Waals surface area contributed by atoms with Gasteiger partial charge in [-0.3, -0.25) is 14.9 Å². The molecule has 0 saturated heterocycles. The Kier molecular flexibility index (Phi) is 5.78. The first kappa shape index (κ1) is 22.3. The highest BCUT2D eigenvalue weighted by Gasteiger charge is 2.45. The Balaban J connectivity index is 1.71. The minimum atomic E-state index is -4.74. The van der Waals surface area contributed by atoms with Crippen molar-refractivity contribution < 1.29 is 22.7 Å². The molecule has 1 aliphatic carbocycles. The number of pyridine rings is 1. The normalized spacial score (nSPS) is 15.1. The van der Waals surface area contributed by atoms with Gasteiger partial charge in [0.15, 0.2) is 5.01 Å². The van der Waals surface area contributed by atoms with Crippen LogP contribution in [0.1, 0.15) is 33.8 Å². The number of methoxy groups -OCH3 is 1. The molecule has 1 saturated carbocycles. The molecule has 0 unspecified atom stereocenters. The lowest BCUT2D eigenvalue weighted by Gasteiger charge is -2.13. The zero-order chi connectivity index (χ0) is 23.8. The van der Waals surface area contributed by atoms with Crippen molar-refractivity contribution >= 4 is 39.5 Å². The lowest BCUT2D eigenvalue weighted by atomic mass is 9.97. The van der Waals surface area contributed by atoms with Gasteiger partial charge in [0.1, 0.15) is 0 Å². The summed E-state index contributed by atoms with van der Waals surface area (Å²) in [6.45, 7) is 0. The predicted octanol–water partition coefficient (Wildman–Crippen LogP) is 1.92. The van der Waals surface area contributed by atoms with Gasteiger partial charge in [-0.15, -0.1) is 10.2 Å². The molecule has 1 fully saturated rings. The highest BCUT2D eigenvalue weighted by molar-refractivity contribution is 7.15. The number of aromatic nitrogens is 3. The second-order valence-corrected chi connectivity index (χ2v) is 8.14. The molecular weight excluding hydrogens is 459 g/mol. The van der Waals surface area contributed by atoms with E-state index in [0.717, 1.165) is 40.9 Å². The Morgan fingerprint density at radius 3 is 2.82 bits per heavy atom. The van der Waals surface area contributed by atoms with Crippen LogP contribution in [0, 0.1) is 17.8 Å². The van der Waals surface area contributed by atoms with Crippen molar-refractivity contribution in [3.63, 3.8) is 0 Å². The molecule has 8 nitrogen and oxygen atoms in total. The standard InChI is InChI=1S/C21H14F3N5O3S/c1-29-10-14(12-7-16(21(22,23)24)25-9-15(12)32-2)13(8-18(29)30)19(31)26-20-28-27-17(33-20)6-5-11-3-4-11/h7-8,10-11H,3-4H2,1-2H3/p+1. The van der Waals surface area contributed by atoms with Crippen LogP contribution in [0.5, 0.6) is 0 Å². The smallest absolute Gasteiger partial charge is 0.484 e. The summed E-state index contributed by atoms with van der Waals surface area (Å²) in [6.07, 6.45) is -0.663. The fourth-order valence-electron chi connectivity index (χ4n) is 2.82. The minimum absolute atomic E-state index is 0.0221. The van der Waals surface area contributed by atoms with Crippen molar-refractivity contribution in [1.82, 2.24) is 19.4 Å². The summed E-state index contributed by atoms with van der Waals surface area (Å²) in [6, 6.07) is 1.02. The lowest BCUT2D eigenvalue weighted by molar-refractivity contribution is -0.0578. The molecule has 33 heavy (non-hydrogen) atoms. The fraction of sp³-hybridized carbons (Fsp3) is 0.286. The van der Waals surface area contributed by atoms with Gasteiger partial charge < -0.3 is 9.30 Å². The van der Waals surface area contributed by atoms with Crippen LogP contribution in [0.4, 0.5) is 18.3 Å². The molecule has 12 heteroatoms. The van der Waals surface area contributed by atoms with E-state index in [4.69, 9.17) is 4.74 Å². The van der Waals surface area contributed by atoms with Crippen molar-refractivity contribution in [2.45, 2.75) is 19.0 Å². The van der Waals surface area contributed by atoms with E-state index in [1.165, 1.54) is 20.4 Å². The van der Waals surface area contributed by atoms with E-state index in [2.05, 4.69) is 37.9 Å². The van der Waals surface area contributed by atoms with Crippen LogP contribution in [0.2, 0.25) is 0 Å². The molecule has 0 bridgehead atoms. The zero-order valence-electron chi connectivity index (χ0n) is 17.3. The van der Waals surface area contributed by atoms with Crippen molar-refractivity contribution in [1.29, 1.82) is 0 Å². The maximum Gasteiger partial charge on any atom is 0.496 e. The summed E-state index contributed by atoms with van der Waals surface area (Å²) >= 11 is 1.05. The number of carbonyl (C=O) groups is 1. The number of hydrogen-bond donors (Lipinski definition) is 1. The van der Waals surface area contributed by atoms with Gasteiger partial charge in [0.05, 0.1) is 12.7 Å². The molecule has 0 aromatic carbocycles. The monoisotopic (exact) mass is 474 g/mol. The van der Waals surface area contributed by atoms with Gasteiger partial charge in [-0.25, -0.2) is 0 Å². The number of anilines is 1.